The van der Waals surface area contributed by atoms with Gasteiger partial charge in [0.25, 0.3) is 0 Å². The molecule has 6 aromatic carbocycles. The molecule has 178 valence electrons. The van der Waals surface area contributed by atoms with Crippen molar-refractivity contribution in [3.8, 4) is 22.5 Å². The molecule has 38 heavy (non-hydrogen) atoms. The number of nitrogens with zero attached hydrogens (tertiary/aromatic N) is 2. The third-order valence-corrected chi connectivity index (χ3v) is 7.73. The lowest BCUT2D eigenvalue weighted by atomic mass is 10.0. The van der Waals surface area contributed by atoms with Gasteiger partial charge in [-0.1, -0.05) is 97.1 Å². The number of hydrogen-bond acceptors (Lipinski definition) is 0. The van der Waals surface area contributed by atoms with Crippen molar-refractivity contribution in [2.24, 2.45) is 0 Å². The molecular formula is C36H24N2. The Kier molecular flexibility index (Phi) is 4.55. The minimum absolute atomic E-state index is 1.16. The molecule has 0 bridgehead atoms. The number of benzene rings is 6. The second-order valence-electron chi connectivity index (χ2n) is 9.85. The van der Waals surface area contributed by atoms with Crippen LogP contribution in [-0.4, -0.2) is 9.13 Å². The van der Waals surface area contributed by atoms with E-state index in [1.54, 1.807) is 0 Å². The first-order valence-corrected chi connectivity index (χ1v) is 13.0. The summed E-state index contributed by atoms with van der Waals surface area (Å²) in [6, 6.07) is 50.2. The fraction of sp³-hybridized carbons (Fsp3) is 0. The van der Waals surface area contributed by atoms with Crippen molar-refractivity contribution in [2.45, 2.75) is 0 Å². The topological polar surface area (TPSA) is 9.86 Å². The summed E-state index contributed by atoms with van der Waals surface area (Å²) in [5, 5.41) is 6.36. The SMILES string of the molecule is c1ccc(-c2cccc(-n3ccc4c5c(ccc6c7ccccc7n(-c7ccccc7)c65)ccc43)c2)cc1. The highest BCUT2D eigenvalue weighted by Crippen LogP contribution is 2.40. The van der Waals surface area contributed by atoms with Gasteiger partial charge in [-0.15, -0.1) is 0 Å². The Morgan fingerprint density at radius 1 is 0.421 bits per heavy atom. The van der Waals surface area contributed by atoms with Gasteiger partial charge in [0.1, 0.15) is 0 Å². The van der Waals surface area contributed by atoms with Crippen molar-refractivity contribution in [3.63, 3.8) is 0 Å². The highest BCUT2D eigenvalue weighted by atomic mass is 15.0. The maximum Gasteiger partial charge on any atom is 0.0626 e. The second kappa shape index (κ2) is 8.22. The summed E-state index contributed by atoms with van der Waals surface area (Å²) in [4.78, 5) is 0. The molecule has 0 saturated carbocycles. The summed E-state index contributed by atoms with van der Waals surface area (Å²) in [7, 11) is 0. The van der Waals surface area contributed by atoms with E-state index in [1.807, 2.05) is 0 Å². The molecule has 2 nitrogen and oxygen atoms in total. The van der Waals surface area contributed by atoms with Gasteiger partial charge in [0.2, 0.25) is 0 Å². The Morgan fingerprint density at radius 2 is 1.13 bits per heavy atom. The summed E-state index contributed by atoms with van der Waals surface area (Å²) in [6.07, 6.45) is 2.21. The van der Waals surface area contributed by atoms with Gasteiger partial charge in [0, 0.05) is 39.1 Å². The molecule has 0 fully saturated rings. The average Bonchev–Trinajstić information content (AvgIpc) is 3.58. The van der Waals surface area contributed by atoms with E-state index in [0.29, 0.717) is 0 Å². The van der Waals surface area contributed by atoms with E-state index in [2.05, 4.69) is 155 Å². The Bertz CT molecular complexity index is 2110. The maximum atomic E-state index is 2.43. The molecule has 0 N–H and O–H groups in total. The van der Waals surface area contributed by atoms with Crippen molar-refractivity contribution >= 4 is 43.5 Å². The molecule has 0 amide bonds. The van der Waals surface area contributed by atoms with Crippen LogP contribution in [0.5, 0.6) is 0 Å². The lowest BCUT2D eigenvalue weighted by Crippen LogP contribution is -1.95. The number of para-hydroxylation sites is 2. The highest BCUT2D eigenvalue weighted by Gasteiger charge is 2.17. The van der Waals surface area contributed by atoms with Crippen LogP contribution in [0.25, 0.3) is 66.0 Å². The summed E-state index contributed by atoms with van der Waals surface area (Å²) in [5.41, 5.74) is 8.49. The fourth-order valence-corrected chi connectivity index (χ4v) is 6.03. The first kappa shape index (κ1) is 21.0. The molecule has 0 unspecified atom stereocenters. The molecule has 8 aromatic rings. The van der Waals surface area contributed by atoms with Crippen molar-refractivity contribution in [2.75, 3.05) is 0 Å². The quantitative estimate of drug-likeness (QED) is 0.236. The molecule has 0 aliphatic rings. The van der Waals surface area contributed by atoms with E-state index in [1.165, 1.54) is 60.3 Å². The maximum absolute atomic E-state index is 2.43. The summed E-state index contributed by atoms with van der Waals surface area (Å²) < 4.78 is 4.75. The summed E-state index contributed by atoms with van der Waals surface area (Å²) in [5.74, 6) is 0. The number of fused-ring (bicyclic) bond motifs is 7. The van der Waals surface area contributed by atoms with E-state index in [9.17, 15) is 0 Å². The van der Waals surface area contributed by atoms with Crippen LogP contribution in [0.4, 0.5) is 0 Å². The van der Waals surface area contributed by atoms with Gasteiger partial charge in [-0.05, 0) is 59.0 Å². The minimum atomic E-state index is 1.16. The first-order valence-electron chi connectivity index (χ1n) is 13.0. The molecule has 0 aliphatic heterocycles. The second-order valence-corrected chi connectivity index (χ2v) is 9.85. The van der Waals surface area contributed by atoms with E-state index in [-0.39, 0.29) is 0 Å². The lowest BCUT2D eigenvalue weighted by Gasteiger charge is -2.12. The number of hydrogen-bond donors (Lipinski definition) is 0. The van der Waals surface area contributed by atoms with Gasteiger partial charge in [0.05, 0.1) is 16.6 Å². The molecule has 2 aromatic heterocycles. The third kappa shape index (κ3) is 3.07. The van der Waals surface area contributed by atoms with E-state index >= 15 is 0 Å². The van der Waals surface area contributed by atoms with Crippen LogP contribution in [0.3, 0.4) is 0 Å². The van der Waals surface area contributed by atoms with Crippen molar-refractivity contribution in [3.05, 3.63) is 146 Å². The van der Waals surface area contributed by atoms with Crippen molar-refractivity contribution in [1.82, 2.24) is 9.13 Å². The van der Waals surface area contributed by atoms with E-state index < -0.39 is 0 Å². The van der Waals surface area contributed by atoms with Crippen LogP contribution in [0.1, 0.15) is 0 Å². The van der Waals surface area contributed by atoms with Crippen molar-refractivity contribution < 1.29 is 0 Å². The number of rotatable bonds is 3. The van der Waals surface area contributed by atoms with Gasteiger partial charge in [0.15, 0.2) is 0 Å². The van der Waals surface area contributed by atoms with Crippen LogP contribution >= 0.6 is 0 Å². The van der Waals surface area contributed by atoms with Crippen LogP contribution in [-0.2, 0) is 0 Å². The predicted octanol–water partition coefficient (Wildman–Crippen LogP) is 9.55. The molecule has 0 aliphatic carbocycles. The third-order valence-electron chi connectivity index (χ3n) is 7.73. The minimum Gasteiger partial charge on any atom is -0.317 e. The van der Waals surface area contributed by atoms with Gasteiger partial charge < -0.3 is 9.13 Å². The largest absolute Gasteiger partial charge is 0.317 e. The molecule has 0 spiro atoms. The zero-order valence-electron chi connectivity index (χ0n) is 20.8. The van der Waals surface area contributed by atoms with Gasteiger partial charge in [-0.25, -0.2) is 0 Å². The normalized spacial score (nSPS) is 11.7. The average molecular weight is 485 g/mol. The highest BCUT2D eigenvalue weighted by molar-refractivity contribution is 6.25. The molecule has 0 atom stereocenters. The zero-order chi connectivity index (χ0) is 25.1. The van der Waals surface area contributed by atoms with Crippen LogP contribution in [0.2, 0.25) is 0 Å². The molecule has 0 radical (unpaired) electrons. The molecule has 2 heteroatoms. The summed E-state index contributed by atoms with van der Waals surface area (Å²) in [6.45, 7) is 0. The van der Waals surface area contributed by atoms with Gasteiger partial charge in [-0.3, -0.25) is 0 Å². The van der Waals surface area contributed by atoms with Crippen LogP contribution in [0, 0.1) is 0 Å². The van der Waals surface area contributed by atoms with Gasteiger partial charge in [-0.2, -0.15) is 0 Å². The van der Waals surface area contributed by atoms with Crippen LogP contribution < -0.4 is 0 Å². The lowest BCUT2D eigenvalue weighted by molar-refractivity contribution is 1.13. The predicted molar refractivity (Wildman–Crippen MR) is 161 cm³/mol. The first-order chi connectivity index (χ1) is 18.9. The van der Waals surface area contributed by atoms with Crippen LogP contribution in [0.15, 0.2) is 146 Å². The Morgan fingerprint density at radius 3 is 2.00 bits per heavy atom. The Balaban J connectivity index is 1.45. The van der Waals surface area contributed by atoms with Gasteiger partial charge >= 0.3 is 0 Å². The van der Waals surface area contributed by atoms with E-state index in [4.69, 9.17) is 0 Å². The fourth-order valence-electron chi connectivity index (χ4n) is 6.03. The molecule has 0 saturated heterocycles. The molecule has 2 heterocycles. The van der Waals surface area contributed by atoms with E-state index in [0.717, 1.165) is 5.69 Å². The standard InChI is InChI=1S/C36H24N2/c1-3-10-25(11-4-1)27-12-9-15-29(24-27)37-23-22-32-33(37)21-19-26-18-20-31-30-16-7-8-17-34(30)38(36(31)35(26)32)28-13-5-2-6-14-28/h1-24H. The van der Waals surface area contributed by atoms with Crippen molar-refractivity contribution in [1.29, 1.82) is 0 Å². The molecular weight excluding hydrogens is 460 g/mol. The molecule has 8 rings (SSSR count). The summed E-state index contributed by atoms with van der Waals surface area (Å²) >= 11 is 0. The Labute approximate surface area is 220 Å². The Hall–Kier alpha value is -5.08. The smallest absolute Gasteiger partial charge is 0.0626 e. The number of aromatic nitrogens is 2. The zero-order valence-corrected chi connectivity index (χ0v) is 20.8. The monoisotopic (exact) mass is 484 g/mol.